The van der Waals surface area contributed by atoms with Gasteiger partial charge in [0.2, 0.25) is 0 Å². The summed E-state index contributed by atoms with van der Waals surface area (Å²) >= 11 is 0. The zero-order chi connectivity index (χ0) is 28.1. The third-order valence-corrected chi connectivity index (χ3v) is 7.46. The summed E-state index contributed by atoms with van der Waals surface area (Å²) in [4.78, 5) is 30.0. The molecule has 0 fully saturated rings. The summed E-state index contributed by atoms with van der Waals surface area (Å²) in [7, 11) is 1.98. The molecule has 0 saturated heterocycles. The van der Waals surface area contributed by atoms with Gasteiger partial charge in [-0.1, -0.05) is 26.8 Å². The van der Waals surface area contributed by atoms with Crippen LogP contribution in [-0.2, 0) is 20.1 Å². The van der Waals surface area contributed by atoms with Gasteiger partial charge in [0, 0.05) is 61.9 Å². The standard InChI is InChI=1S/C29H30F2N4O4/c1-29(2,3)21-15-34(28(37)38)9-8-24-27(21)20-6-5-18(12-25(20)33(24)4)35-10-7-19(13-26(35)36)39-16-23-22(31)11-17(30)14-32-23/h5-7,10-14,21H,8-9,15-16H2,1-4H3,(H,37,38). The summed E-state index contributed by atoms with van der Waals surface area (Å²) in [5.74, 6) is -1.35. The molecule has 4 heterocycles. The number of benzene rings is 1. The van der Waals surface area contributed by atoms with Crippen molar-refractivity contribution < 1.29 is 23.4 Å². The van der Waals surface area contributed by atoms with Gasteiger partial charge in [-0.25, -0.2) is 13.6 Å². The number of aromatic nitrogens is 3. The SMILES string of the molecule is Cn1c2c(c3ccc(-n4ccc(OCc5ncc(F)cc5F)cc4=O)cc31)C(C(C)(C)C)CN(C(=O)O)CC2. The van der Waals surface area contributed by atoms with E-state index in [1.807, 2.05) is 25.2 Å². The number of hydrogen-bond donors (Lipinski definition) is 1. The minimum Gasteiger partial charge on any atom is -0.487 e. The number of aryl methyl sites for hydroxylation is 1. The Kier molecular flexibility index (Phi) is 6.65. The maximum Gasteiger partial charge on any atom is 0.407 e. The van der Waals surface area contributed by atoms with E-state index in [2.05, 4.69) is 30.3 Å². The maximum atomic E-state index is 13.9. The van der Waals surface area contributed by atoms with Crippen LogP contribution >= 0.6 is 0 Å². The Morgan fingerprint density at radius 3 is 2.62 bits per heavy atom. The highest BCUT2D eigenvalue weighted by molar-refractivity contribution is 5.88. The molecule has 1 aliphatic heterocycles. The van der Waals surface area contributed by atoms with E-state index in [1.54, 1.807) is 12.3 Å². The fourth-order valence-electron chi connectivity index (χ4n) is 5.34. The Morgan fingerprint density at radius 2 is 1.95 bits per heavy atom. The molecule has 0 aliphatic carbocycles. The van der Waals surface area contributed by atoms with Crippen molar-refractivity contribution in [3.8, 4) is 11.4 Å². The number of hydrogen-bond acceptors (Lipinski definition) is 4. The van der Waals surface area contributed by atoms with Crippen molar-refractivity contribution in [3.63, 3.8) is 0 Å². The van der Waals surface area contributed by atoms with Gasteiger partial charge in [-0.3, -0.25) is 14.3 Å². The van der Waals surface area contributed by atoms with E-state index in [-0.39, 0.29) is 34.9 Å². The zero-order valence-corrected chi connectivity index (χ0v) is 22.2. The van der Waals surface area contributed by atoms with Crippen LogP contribution in [0.3, 0.4) is 0 Å². The molecule has 1 aliphatic rings. The van der Waals surface area contributed by atoms with Crippen molar-refractivity contribution in [3.05, 3.63) is 87.7 Å². The van der Waals surface area contributed by atoms with E-state index in [1.165, 1.54) is 15.5 Å². The van der Waals surface area contributed by atoms with Gasteiger partial charge in [-0.05, 0) is 29.2 Å². The number of halogens is 2. The molecule has 1 N–H and O–H groups in total. The number of pyridine rings is 2. The van der Waals surface area contributed by atoms with Gasteiger partial charge in [0.05, 0.1) is 17.4 Å². The van der Waals surface area contributed by atoms with Crippen molar-refractivity contribution in [1.82, 2.24) is 19.0 Å². The summed E-state index contributed by atoms with van der Waals surface area (Å²) in [5.41, 5.74) is 3.32. The van der Waals surface area contributed by atoms with E-state index in [0.29, 0.717) is 25.2 Å². The predicted molar refractivity (Wildman–Crippen MR) is 142 cm³/mol. The molecule has 1 unspecified atom stereocenters. The molecule has 0 spiro atoms. The van der Waals surface area contributed by atoms with Crippen LogP contribution < -0.4 is 10.3 Å². The Labute approximate surface area is 224 Å². The molecular weight excluding hydrogens is 506 g/mol. The first-order valence-electron chi connectivity index (χ1n) is 12.7. The van der Waals surface area contributed by atoms with Gasteiger partial charge >= 0.3 is 6.09 Å². The lowest BCUT2D eigenvalue weighted by Gasteiger charge is -2.33. The number of fused-ring (bicyclic) bond motifs is 3. The number of carbonyl (C=O) groups is 1. The van der Waals surface area contributed by atoms with Crippen LogP contribution in [0.5, 0.6) is 5.75 Å². The van der Waals surface area contributed by atoms with Crippen LogP contribution in [0, 0.1) is 17.0 Å². The number of rotatable bonds is 4. The molecule has 5 rings (SSSR count). The third-order valence-electron chi connectivity index (χ3n) is 7.46. The molecule has 10 heteroatoms. The van der Waals surface area contributed by atoms with Crippen molar-refractivity contribution in [2.75, 3.05) is 13.1 Å². The van der Waals surface area contributed by atoms with Crippen molar-refractivity contribution in [2.45, 2.75) is 39.7 Å². The Morgan fingerprint density at radius 1 is 1.18 bits per heavy atom. The second kappa shape index (κ2) is 9.83. The average molecular weight is 537 g/mol. The minimum atomic E-state index is -0.908. The molecule has 0 radical (unpaired) electrons. The first-order chi connectivity index (χ1) is 18.4. The van der Waals surface area contributed by atoms with Crippen molar-refractivity contribution in [2.24, 2.45) is 12.5 Å². The molecule has 39 heavy (non-hydrogen) atoms. The Hall–Kier alpha value is -4.21. The third kappa shape index (κ3) is 4.98. The van der Waals surface area contributed by atoms with Gasteiger partial charge < -0.3 is 19.3 Å². The van der Waals surface area contributed by atoms with E-state index in [0.717, 1.165) is 34.4 Å². The summed E-state index contributed by atoms with van der Waals surface area (Å²) in [6, 6.07) is 9.47. The molecule has 0 saturated carbocycles. The lowest BCUT2D eigenvalue weighted by atomic mass is 9.75. The van der Waals surface area contributed by atoms with E-state index in [4.69, 9.17) is 4.74 Å². The van der Waals surface area contributed by atoms with Gasteiger partial charge in [0.25, 0.3) is 5.56 Å². The van der Waals surface area contributed by atoms with Gasteiger partial charge in [-0.15, -0.1) is 0 Å². The van der Waals surface area contributed by atoms with E-state index >= 15 is 0 Å². The topological polar surface area (TPSA) is 89.6 Å². The number of amides is 1. The van der Waals surface area contributed by atoms with E-state index in [9.17, 15) is 23.5 Å². The van der Waals surface area contributed by atoms with Crippen LogP contribution in [0.15, 0.2) is 53.6 Å². The molecule has 1 atom stereocenters. The average Bonchev–Trinajstić information content (AvgIpc) is 3.01. The quantitative estimate of drug-likeness (QED) is 0.385. The highest BCUT2D eigenvalue weighted by Gasteiger charge is 2.36. The van der Waals surface area contributed by atoms with Crippen molar-refractivity contribution >= 4 is 17.0 Å². The molecule has 204 valence electrons. The van der Waals surface area contributed by atoms with Gasteiger partial charge in [0.1, 0.15) is 23.9 Å². The summed E-state index contributed by atoms with van der Waals surface area (Å²) in [5, 5.41) is 10.8. The highest BCUT2D eigenvalue weighted by atomic mass is 19.1. The van der Waals surface area contributed by atoms with E-state index < -0.39 is 17.7 Å². The smallest absolute Gasteiger partial charge is 0.407 e. The second-order valence-corrected chi connectivity index (χ2v) is 11.0. The molecule has 0 bridgehead atoms. The van der Waals surface area contributed by atoms with Crippen LogP contribution in [0.25, 0.3) is 16.6 Å². The monoisotopic (exact) mass is 536 g/mol. The number of carboxylic acid groups (broad SMARTS) is 1. The minimum absolute atomic E-state index is 0.000221. The fraction of sp³-hybridized carbons (Fsp3) is 0.345. The lowest BCUT2D eigenvalue weighted by Crippen LogP contribution is -2.36. The lowest BCUT2D eigenvalue weighted by molar-refractivity contribution is 0.135. The molecule has 4 aromatic rings. The molecular formula is C29H30F2N4O4. The Balaban J connectivity index is 1.48. The molecule has 1 aromatic carbocycles. The van der Waals surface area contributed by atoms with Crippen LogP contribution in [0.2, 0.25) is 0 Å². The highest BCUT2D eigenvalue weighted by Crippen LogP contribution is 2.44. The van der Waals surface area contributed by atoms with Gasteiger partial charge in [0.15, 0.2) is 5.82 Å². The zero-order valence-electron chi connectivity index (χ0n) is 22.2. The first kappa shape index (κ1) is 26.4. The summed E-state index contributed by atoms with van der Waals surface area (Å²) in [6.45, 7) is 6.98. The molecule has 8 nitrogen and oxygen atoms in total. The largest absolute Gasteiger partial charge is 0.487 e. The molecule has 1 amide bonds. The van der Waals surface area contributed by atoms with Crippen LogP contribution in [-0.4, -0.2) is 43.3 Å². The maximum absolute atomic E-state index is 13.9. The second-order valence-electron chi connectivity index (χ2n) is 11.0. The normalized spacial score (nSPS) is 15.7. The predicted octanol–water partition coefficient (Wildman–Crippen LogP) is 5.25. The van der Waals surface area contributed by atoms with Crippen molar-refractivity contribution in [1.29, 1.82) is 0 Å². The summed E-state index contributed by atoms with van der Waals surface area (Å²) in [6.07, 6.45) is 2.19. The first-order valence-corrected chi connectivity index (χ1v) is 12.7. The van der Waals surface area contributed by atoms with Crippen LogP contribution in [0.1, 0.15) is 43.6 Å². The van der Waals surface area contributed by atoms with Crippen LogP contribution in [0.4, 0.5) is 13.6 Å². The Bertz CT molecular complexity index is 1640. The molecule has 3 aromatic heterocycles. The fourth-order valence-corrected chi connectivity index (χ4v) is 5.34. The number of nitrogens with zero attached hydrogens (tertiary/aromatic N) is 4. The number of ether oxygens (including phenoxy) is 1. The summed E-state index contributed by atoms with van der Waals surface area (Å²) < 4.78 is 36.1. The van der Waals surface area contributed by atoms with Gasteiger partial charge in [-0.2, -0.15) is 0 Å².